The largest absolute Gasteiger partial charge is 0.483 e. The summed E-state index contributed by atoms with van der Waals surface area (Å²) in [4.78, 5) is 21.6. The van der Waals surface area contributed by atoms with Gasteiger partial charge in [0.2, 0.25) is 0 Å². The van der Waals surface area contributed by atoms with Gasteiger partial charge < -0.3 is 24.7 Å². The third-order valence-electron chi connectivity index (χ3n) is 6.62. The van der Waals surface area contributed by atoms with Crippen molar-refractivity contribution in [3.8, 4) is 0 Å². The zero-order chi connectivity index (χ0) is 23.0. The summed E-state index contributed by atoms with van der Waals surface area (Å²) in [6, 6.07) is 0.546. The summed E-state index contributed by atoms with van der Waals surface area (Å²) in [5, 5.41) is 22.4. The fourth-order valence-corrected chi connectivity index (χ4v) is 4.65. The molecule has 3 aliphatic rings. The summed E-state index contributed by atoms with van der Waals surface area (Å²) in [5.74, 6) is 3.40. The second-order valence-electron chi connectivity index (χ2n) is 8.93. The molecule has 0 unspecified atom stereocenters. The molecule has 2 saturated carbocycles. The number of nitrogens with zero attached hydrogens (tertiary/aromatic N) is 4. The molecule has 1 aromatic heterocycles. The Morgan fingerprint density at radius 3 is 2.26 bits per heavy atom. The van der Waals surface area contributed by atoms with Crippen LogP contribution in [0.2, 0.25) is 0 Å². The van der Waals surface area contributed by atoms with E-state index in [4.69, 9.17) is 24.5 Å². The van der Waals surface area contributed by atoms with Crippen LogP contribution in [0.25, 0.3) is 0 Å². The Balaban J connectivity index is 0.000000513. The first-order valence-corrected chi connectivity index (χ1v) is 10.8. The molecule has 1 aromatic rings. The van der Waals surface area contributed by atoms with Crippen molar-refractivity contribution in [3.05, 3.63) is 17.3 Å². The Morgan fingerprint density at radius 1 is 1.13 bits per heavy atom. The van der Waals surface area contributed by atoms with Gasteiger partial charge in [0.15, 0.2) is 5.82 Å². The number of hydrogen-bond donors (Lipinski definition) is 2. The molecule has 0 amide bonds. The van der Waals surface area contributed by atoms with Gasteiger partial charge >= 0.3 is 0 Å². The van der Waals surface area contributed by atoms with Crippen LogP contribution < -0.4 is 4.90 Å². The maximum absolute atomic E-state index is 8.36. The number of carboxylic acid groups (broad SMARTS) is 2. The number of rotatable bonds is 5. The van der Waals surface area contributed by atoms with Crippen LogP contribution in [-0.2, 0) is 14.3 Å². The minimum atomic E-state index is -0.250. The van der Waals surface area contributed by atoms with Crippen molar-refractivity contribution in [1.82, 2.24) is 15.1 Å². The van der Waals surface area contributed by atoms with Gasteiger partial charge in [0.05, 0.1) is 12.3 Å². The second kappa shape index (κ2) is 12.0. The number of aryl methyl sites for hydroxylation is 1. The van der Waals surface area contributed by atoms with Crippen LogP contribution in [-0.4, -0.2) is 84.2 Å². The molecule has 0 bridgehead atoms. The predicted octanol–water partition coefficient (Wildman–Crippen LogP) is 2.07. The molecule has 31 heavy (non-hydrogen) atoms. The van der Waals surface area contributed by atoms with E-state index in [1.54, 1.807) is 0 Å². The Kier molecular flexibility index (Phi) is 9.64. The lowest BCUT2D eigenvalue weighted by atomic mass is 9.77. The summed E-state index contributed by atoms with van der Waals surface area (Å²) < 4.78 is 6.38. The van der Waals surface area contributed by atoms with E-state index in [0.717, 1.165) is 43.3 Å². The summed E-state index contributed by atoms with van der Waals surface area (Å²) in [5.41, 5.74) is 2.51. The third kappa shape index (κ3) is 6.87. The van der Waals surface area contributed by atoms with Crippen LogP contribution in [0, 0.1) is 31.6 Å². The van der Waals surface area contributed by atoms with Crippen LogP contribution in [0.5, 0.6) is 0 Å². The predicted molar refractivity (Wildman–Crippen MR) is 117 cm³/mol. The first kappa shape index (κ1) is 25.0. The molecule has 3 fully saturated rings. The van der Waals surface area contributed by atoms with Gasteiger partial charge in [-0.25, -0.2) is 0 Å². The Labute approximate surface area is 184 Å². The molecule has 4 rings (SSSR count). The lowest BCUT2D eigenvalue weighted by Crippen LogP contribution is -2.48. The maximum Gasteiger partial charge on any atom is 0.290 e. The van der Waals surface area contributed by atoms with Gasteiger partial charge in [0.25, 0.3) is 12.9 Å². The van der Waals surface area contributed by atoms with Gasteiger partial charge in [-0.2, -0.15) is 5.10 Å². The standard InChI is InChI=1S/C20H32N4O.2CH2O2/c1-13-9-21-22-20(14(13)2)24-10-16-7-18(23(3)4)19(8-17(16)11-24)25-12-15-5-6-15;2*2-1-3/h9,15-19H,5-8,10-12H2,1-4H3;2*1H,(H,2,3)/t16-,17+,18-,19-;;/m1../s1. The summed E-state index contributed by atoms with van der Waals surface area (Å²) in [6.45, 7) is 6.99. The molecule has 2 N–H and O–H groups in total. The van der Waals surface area contributed by atoms with Crippen molar-refractivity contribution in [3.63, 3.8) is 0 Å². The molecular weight excluding hydrogens is 400 g/mol. The maximum atomic E-state index is 8.36. The number of carbonyl (C=O) groups is 2. The molecule has 2 aliphatic carbocycles. The molecule has 1 saturated heterocycles. The molecule has 9 heteroatoms. The number of hydrogen-bond acceptors (Lipinski definition) is 7. The summed E-state index contributed by atoms with van der Waals surface area (Å²) in [7, 11) is 4.42. The second-order valence-corrected chi connectivity index (χ2v) is 8.93. The normalized spacial score (nSPS) is 26.8. The highest BCUT2D eigenvalue weighted by molar-refractivity contribution is 5.49. The number of fused-ring (bicyclic) bond motifs is 1. The van der Waals surface area contributed by atoms with Crippen molar-refractivity contribution in [2.24, 2.45) is 17.8 Å². The monoisotopic (exact) mass is 436 g/mol. The fraction of sp³-hybridized carbons (Fsp3) is 0.727. The topological polar surface area (TPSA) is 116 Å². The summed E-state index contributed by atoms with van der Waals surface area (Å²) >= 11 is 0. The highest BCUT2D eigenvalue weighted by Crippen LogP contribution is 2.41. The highest BCUT2D eigenvalue weighted by Gasteiger charge is 2.44. The van der Waals surface area contributed by atoms with Gasteiger partial charge in [0, 0.05) is 25.7 Å². The Bertz CT molecular complexity index is 707. The van der Waals surface area contributed by atoms with Crippen LogP contribution in [0.3, 0.4) is 0 Å². The average molecular weight is 437 g/mol. The molecule has 0 spiro atoms. The molecule has 174 valence electrons. The van der Waals surface area contributed by atoms with Gasteiger partial charge in [-0.1, -0.05) is 0 Å². The van der Waals surface area contributed by atoms with E-state index in [0.29, 0.717) is 12.1 Å². The Morgan fingerprint density at radius 2 is 1.71 bits per heavy atom. The molecule has 0 aromatic carbocycles. The lowest BCUT2D eigenvalue weighted by molar-refractivity contribution is -0.123. The molecular formula is C22H36N4O5. The van der Waals surface area contributed by atoms with E-state index in [9.17, 15) is 0 Å². The van der Waals surface area contributed by atoms with Crippen LogP contribution in [0.4, 0.5) is 5.82 Å². The third-order valence-corrected chi connectivity index (χ3v) is 6.62. The van der Waals surface area contributed by atoms with Gasteiger partial charge in [-0.3, -0.25) is 9.59 Å². The number of ether oxygens (including phenoxy) is 1. The van der Waals surface area contributed by atoms with E-state index in [2.05, 4.69) is 47.9 Å². The molecule has 9 nitrogen and oxygen atoms in total. The van der Waals surface area contributed by atoms with E-state index in [1.807, 2.05) is 6.20 Å². The van der Waals surface area contributed by atoms with Gasteiger partial charge in [-0.05, 0) is 82.5 Å². The highest BCUT2D eigenvalue weighted by atomic mass is 16.5. The molecule has 4 atom stereocenters. The Hall–Kier alpha value is -2.26. The van der Waals surface area contributed by atoms with Gasteiger partial charge in [0.1, 0.15) is 0 Å². The van der Waals surface area contributed by atoms with E-state index < -0.39 is 0 Å². The van der Waals surface area contributed by atoms with Crippen LogP contribution in [0.1, 0.15) is 36.8 Å². The minimum Gasteiger partial charge on any atom is -0.483 e. The quantitative estimate of drug-likeness (QED) is 0.669. The van der Waals surface area contributed by atoms with Crippen molar-refractivity contribution in [2.45, 2.75) is 51.7 Å². The minimum absolute atomic E-state index is 0.250. The van der Waals surface area contributed by atoms with Crippen LogP contribution in [0.15, 0.2) is 6.20 Å². The lowest BCUT2D eigenvalue weighted by Gasteiger charge is -2.41. The SMILES string of the molecule is Cc1cnnc(N2C[C@H]3C[C@@H](N(C)C)[C@H](OCC4CC4)C[C@H]3C2)c1C.O=CO.O=CO. The smallest absolute Gasteiger partial charge is 0.290 e. The number of aromatic nitrogens is 2. The molecule has 1 aliphatic heterocycles. The average Bonchev–Trinajstić information content (AvgIpc) is 3.46. The van der Waals surface area contributed by atoms with E-state index in [-0.39, 0.29) is 12.9 Å². The zero-order valence-electron chi connectivity index (χ0n) is 19.0. The van der Waals surface area contributed by atoms with Crippen molar-refractivity contribution in [1.29, 1.82) is 0 Å². The first-order valence-electron chi connectivity index (χ1n) is 10.8. The fourth-order valence-electron chi connectivity index (χ4n) is 4.65. The van der Waals surface area contributed by atoms with Crippen molar-refractivity contribution >= 4 is 18.8 Å². The van der Waals surface area contributed by atoms with Crippen molar-refractivity contribution in [2.75, 3.05) is 38.7 Å². The zero-order valence-corrected chi connectivity index (χ0v) is 19.0. The number of anilines is 1. The van der Waals surface area contributed by atoms with Gasteiger partial charge in [-0.15, -0.1) is 5.10 Å². The van der Waals surface area contributed by atoms with E-state index in [1.165, 1.54) is 36.8 Å². The molecule has 2 heterocycles. The number of likely N-dealkylation sites (N-methyl/N-ethyl adjacent to an activating group) is 1. The summed E-state index contributed by atoms with van der Waals surface area (Å²) in [6.07, 6.45) is 7.42. The molecule has 0 radical (unpaired) electrons. The van der Waals surface area contributed by atoms with Crippen LogP contribution >= 0.6 is 0 Å². The van der Waals surface area contributed by atoms with Crippen molar-refractivity contribution < 1.29 is 24.5 Å². The van der Waals surface area contributed by atoms with E-state index >= 15 is 0 Å². The first-order chi connectivity index (χ1) is 14.9.